The maximum atomic E-state index is 9.90. The molecule has 4 heteroatoms. The summed E-state index contributed by atoms with van der Waals surface area (Å²) in [6, 6.07) is 31.6. The van der Waals surface area contributed by atoms with Gasteiger partial charge < -0.3 is 14.7 Å². The molecule has 0 spiro atoms. The standard InChI is InChI=1S/C37H25N3O/c38-22-26-21-32-36-28(9-5-12-35(36)41-37(32)29-8-2-1-7-27(26)29)24-15-13-23(14-16-24)25-19-30(33-10-3-4-17-39-33)31(20-25)34-11-6-18-40-34/h1-21,31,33,39-40H/t31-,33?/m0/s1. The maximum Gasteiger partial charge on any atom is 0.143 e. The quantitative estimate of drug-likeness (QED) is 0.241. The third-order valence-corrected chi connectivity index (χ3v) is 8.28. The molecule has 0 amide bonds. The molecule has 0 saturated carbocycles. The van der Waals surface area contributed by atoms with Gasteiger partial charge >= 0.3 is 0 Å². The van der Waals surface area contributed by atoms with Crippen LogP contribution in [-0.2, 0) is 0 Å². The van der Waals surface area contributed by atoms with Crippen molar-refractivity contribution in [2.45, 2.75) is 12.0 Å². The predicted molar refractivity (Wildman–Crippen MR) is 166 cm³/mol. The average Bonchev–Trinajstić information content (AvgIpc) is 3.80. The number of nitriles is 1. The minimum Gasteiger partial charge on any atom is -0.455 e. The number of hydrogen-bond acceptors (Lipinski definition) is 3. The molecular formula is C37H25N3O. The van der Waals surface area contributed by atoms with Gasteiger partial charge in [0.05, 0.1) is 17.7 Å². The zero-order valence-corrected chi connectivity index (χ0v) is 22.1. The van der Waals surface area contributed by atoms with Crippen LogP contribution in [0.15, 0.2) is 138 Å². The molecule has 2 N–H and O–H groups in total. The topological polar surface area (TPSA) is 64.8 Å². The molecule has 0 bridgehead atoms. The van der Waals surface area contributed by atoms with E-state index in [0.717, 1.165) is 43.8 Å². The molecule has 4 aromatic carbocycles. The molecule has 4 nitrogen and oxygen atoms in total. The lowest BCUT2D eigenvalue weighted by Crippen LogP contribution is -2.27. The van der Waals surface area contributed by atoms with Crippen molar-refractivity contribution >= 4 is 38.3 Å². The smallest absolute Gasteiger partial charge is 0.143 e. The number of aromatic amines is 1. The molecule has 0 radical (unpaired) electrons. The van der Waals surface area contributed by atoms with Crippen LogP contribution in [0.5, 0.6) is 0 Å². The Bertz CT molecular complexity index is 2130. The minimum atomic E-state index is 0.155. The summed E-state index contributed by atoms with van der Waals surface area (Å²) in [5, 5.41) is 17.3. The Morgan fingerprint density at radius 1 is 0.805 bits per heavy atom. The second-order valence-electron chi connectivity index (χ2n) is 10.6. The third-order valence-electron chi connectivity index (χ3n) is 8.28. The lowest BCUT2D eigenvalue weighted by atomic mass is 9.92. The van der Waals surface area contributed by atoms with Crippen LogP contribution in [0.4, 0.5) is 0 Å². The van der Waals surface area contributed by atoms with E-state index in [4.69, 9.17) is 4.42 Å². The maximum absolute atomic E-state index is 9.90. The van der Waals surface area contributed by atoms with E-state index in [1.165, 1.54) is 22.4 Å². The number of nitrogens with one attached hydrogen (secondary N) is 2. The lowest BCUT2D eigenvalue weighted by molar-refractivity contribution is 0.673. The first-order valence-electron chi connectivity index (χ1n) is 13.8. The van der Waals surface area contributed by atoms with Crippen molar-refractivity contribution in [1.82, 2.24) is 10.3 Å². The summed E-state index contributed by atoms with van der Waals surface area (Å²) in [7, 11) is 0. The Labute approximate surface area is 237 Å². The van der Waals surface area contributed by atoms with Gasteiger partial charge in [-0.25, -0.2) is 0 Å². The molecule has 0 fully saturated rings. The zero-order chi connectivity index (χ0) is 27.3. The van der Waals surface area contributed by atoms with E-state index in [9.17, 15) is 5.26 Å². The Morgan fingerprint density at radius 3 is 2.44 bits per heavy atom. The largest absolute Gasteiger partial charge is 0.455 e. The van der Waals surface area contributed by atoms with Crippen molar-refractivity contribution in [3.63, 3.8) is 0 Å². The highest BCUT2D eigenvalue weighted by atomic mass is 16.3. The molecule has 2 aliphatic rings. The van der Waals surface area contributed by atoms with Crippen LogP contribution >= 0.6 is 0 Å². The summed E-state index contributed by atoms with van der Waals surface area (Å²) in [5.74, 6) is 0.184. The Kier molecular flexibility index (Phi) is 5.29. The van der Waals surface area contributed by atoms with E-state index >= 15 is 0 Å². The molecule has 1 unspecified atom stereocenters. The number of H-pyrrole nitrogens is 1. The second-order valence-corrected chi connectivity index (χ2v) is 10.6. The molecule has 194 valence electrons. The summed E-state index contributed by atoms with van der Waals surface area (Å²) in [5.41, 5.74) is 9.41. The van der Waals surface area contributed by atoms with E-state index in [1.807, 2.05) is 60.9 Å². The first-order valence-corrected chi connectivity index (χ1v) is 13.8. The van der Waals surface area contributed by atoms with E-state index in [1.54, 1.807) is 0 Å². The van der Waals surface area contributed by atoms with Gasteiger partial charge in [-0.15, -0.1) is 0 Å². The van der Waals surface area contributed by atoms with Gasteiger partial charge in [-0.3, -0.25) is 0 Å². The molecule has 0 saturated heterocycles. The van der Waals surface area contributed by atoms with E-state index < -0.39 is 0 Å². The van der Waals surface area contributed by atoms with Gasteiger partial charge in [-0.1, -0.05) is 85.0 Å². The molecular weight excluding hydrogens is 502 g/mol. The van der Waals surface area contributed by atoms with Crippen LogP contribution in [0.2, 0.25) is 0 Å². The van der Waals surface area contributed by atoms with E-state index in [-0.39, 0.29) is 12.0 Å². The number of allylic oxidation sites excluding steroid dienone is 5. The van der Waals surface area contributed by atoms with Gasteiger partial charge in [0, 0.05) is 39.4 Å². The summed E-state index contributed by atoms with van der Waals surface area (Å²) in [4.78, 5) is 3.41. The molecule has 6 aromatic rings. The predicted octanol–water partition coefficient (Wildman–Crippen LogP) is 8.75. The first-order chi connectivity index (χ1) is 20.3. The Balaban J connectivity index is 1.22. The van der Waals surface area contributed by atoms with Crippen LogP contribution in [0.1, 0.15) is 22.7 Å². The molecule has 1 aliphatic heterocycles. The van der Waals surface area contributed by atoms with E-state index in [0.29, 0.717) is 5.56 Å². The Morgan fingerprint density at radius 2 is 1.66 bits per heavy atom. The van der Waals surface area contributed by atoms with Crippen molar-refractivity contribution in [1.29, 1.82) is 5.26 Å². The number of furan rings is 1. The number of fused-ring (bicyclic) bond motifs is 5. The van der Waals surface area contributed by atoms with Crippen molar-refractivity contribution in [3.05, 3.63) is 150 Å². The van der Waals surface area contributed by atoms with Crippen molar-refractivity contribution in [2.75, 3.05) is 0 Å². The van der Waals surface area contributed by atoms with Crippen molar-refractivity contribution < 1.29 is 4.42 Å². The number of nitrogens with zero attached hydrogens (tertiary/aromatic N) is 1. The highest BCUT2D eigenvalue weighted by molar-refractivity contribution is 6.20. The molecule has 8 rings (SSSR count). The van der Waals surface area contributed by atoms with Crippen LogP contribution < -0.4 is 5.32 Å². The van der Waals surface area contributed by atoms with Gasteiger partial charge in [0.2, 0.25) is 0 Å². The van der Waals surface area contributed by atoms with Crippen LogP contribution in [0, 0.1) is 11.3 Å². The van der Waals surface area contributed by atoms with Gasteiger partial charge in [0.25, 0.3) is 0 Å². The third kappa shape index (κ3) is 3.75. The lowest BCUT2D eigenvalue weighted by Gasteiger charge is -2.22. The first kappa shape index (κ1) is 23.4. The SMILES string of the molecule is N#Cc1cc2c(oc3cccc(-c4ccc(C5=C[C@H](c6ccc[nH]6)C(C6C=CC=CN6)=C5)cc4)c32)c2ccccc12. The molecule has 41 heavy (non-hydrogen) atoms. The number of hydrogen-bond donors (Lipinski definition) is 2. The van der Waals surface area contributed by atoms with Gasteiger partial charge in [0.1, 0.15) is 11.2 Å². The van der Waals surface area contributed by atoms with Crippen molar-refractivity contribution in [2.24, 2.45) is 0 Å². The monoisotopic (exact) mass is 527 g/mol. The number of benzene rings is 4. The average molecular weight is 528 g/mol. The van der Waals surface area contributed by atoms with Crippen LogP contribution in [0.25, 0.3) is 49.4 Å². The number of dihydropyridines is 1. The van der Waals surface area contributed by atoms with Gasteiger partial charge in [0.15, 0.2) is 0 Å². The zero-order valence-electron chi connectivity index (χ0n) is 22.1. The van der Waals surface area contributed by atoms with Crippen LogP contribution in [-0.4, -0.2) is 11.0 Å². The van der Waals surface area contributed by atoms with E-state index in [2.05, 4.69) is 83.1 Å². The number of rotatable bonds is 4. The fourth-order valence-electron chi connectivity index (χ4n) is 6.34. The highest BCUT2D eigenvalue weighted by Crippen LogP contribution is 2.42. The van der Waals surface area contributed by atoms with Gasteiger partial charge in [-0.2, -0.15) is 5.26 Å². The molecule has 1 aliphatic carbocycles. The summed E-state index contributed by atoms with van der Waals surface area (Å²) < 4.78 is 6.40. The number of aromatic nitrogens is 1. The molecule has 2 atom stereocenters. The summed E-state index contributed by atoms with van der Waals surface area (Å²) >= 11 is 0. The molecule has 2 aromatic heterocycles. The normalized spacial score (nSPS) is 18.0. The van der Waals surface area contributed by atoms with Crippen LogP contribution in [0.3, 0.4) is 0 Å². The fraction of sp³-hybridized carbons (Fsp3) is 0.0541. The fourth-order valence-corrected chi connectivity index (χ4v) is 6.34. The molecule has 3 heterocycles. The second kappa shape index (κ2) is 9.29. The van der Waals surface area contributed by atoms with Crippen molar-refractivity contribution in [3.8, 4) is 17.2 Å². The summed E-state index contributed by atoms with van der Waals surface area (Å²) in [6.07, 6.45) is 15.0. The highest BCUT2D eigenvalue weighted by Gasteiger charge is 2.27. The summed E-state index contributed by atoms with van der Waals surface area (Å²) in [6.45, 7) is 0. The minimum absolute atomic E-state index is 0.155. The van der Waals surface area contributed by atoms with Gasteiger partial charge in [-0.05, 0) is 64.4 Å². The Hall–Kier alpha value is -5.53.